The second kappa shape index (κ2) is 5.21. The standard InChI is InChI=1S/C15H21NO2/c1-12(13-7-5-4-6-8-13)16-9-10-18-15(2,3)14(16)11-17/h4-8,11-12,14H,9-10H2,1-3H3. The molecule has 0 amide bonds. The van der Waals surface area contributed by atoms with Crippen molar-refractivity contribution < 1.29 is 9.53 Å². The Hall–Kier alpha value is -1.19. The highest BCUT2D eigenvalue weighted by Crippen LogP contribution is 2.30. The summed E-state index contributed by atoms with van der Waals surface area (Å²) < 4.78 is 5.71. The highest BCUT2D eigenvalue weighted by molar-refractivity contribution is 5.60. The molecule has 1 heterocycles. The van der Waals surface area contributed by atoms with Crippen molar-refractivity contribution in [1.29, 1.82) is 0 Å². The Balaban J connectivity index is 2.23. The molecule has 2 atom stereocenters. The predicted molar refractivity (Wildman–Crippen MR) is 71.4 cm³/mol. The van der Waals surface area contributed by atoms with Crippen LogP contribution in [0.2, 0.25) is 0 Å². The van der Waals surface area contributed by atoms with Gasteiger partial charge in [-0.2, -0.15) is 0 Å². The lowest BCUT2D eigenvalue weighted by atomic mass is 9.93. The van der Waals surface area contributed by atoms with Gasteiger partial charge in [0.2, 0.25) is 0 Å². The van der Waals surface area contributed by atoms with Crippen LogP contribution >= 0.6 is 0 Å². The largest absolute Gasteiger partial charge is 0.372 e. The van der Waals surface area contributed by atoms with E-state index in [4.69, 9.17) is 4.74 Å². The third-order valence-corrected chi connectivity index (χ3v) is 3.80. The van der Waals surface area contributed by atoms with Gasteiger partial charge in [0.15, 0.2) is 0 Å². The Labute approximate surface area is 109 Å². The van der Waals surface area contributed by atoms with E-state index in [9.17, 15) is 4.79 Å². The number of aldehydes is 1. The van der Waals surface area contributed by atoms with Crippen molar-refractivity contribution in [1.82, 2.24) is 4.90 Å². The maximum atomic E-state index is 11.4. The fourth-order valence-electron chi connectivity index (χ4n) is 2.64. The number of carbonyl (C=O) groups excluding carboxylic acids is 1. The quantitative estimate of drug-likeness (QED) is 0.768. The predicted octanol–water partition coefficient (Wildman–Crippen LogP) is 2.43. The van der Waals surface area contributed by atoms with Gasteiger partial charge in [0.25, 0.3) is 0 Å². The average molecular weight is 247 g/mol. The van der Waals surface area contributed by atoms with Crippen molar-refractivity contribution in [3.05, 3.63) is 35.9 Å². The molecule has 1 aromatic carbocycles. The smallest absolute Gasteiger partial charge is 0.140 e. The number of nitrogens with zero attached hydrogens (tertiary/aromatic N) is 1. The Bertz CT molecular complexity index is 402. The highest BCUT2D eigenvalue weighted by atomic mass is 16.5. The molecule has 0 saturated carbocycles. The van der Waals surface area contributed by atoms with Gasteiger partial charge in [-0.1, -0.05) is 30.3 Å². The van der Waals surface area contributed by atoms with Crippen LogP contribution in [0.25, 0.3) is 0 Å². The Morgan fingerprint density at radius 3 is 2.67 bits per heavy atom. The Kier molecular flexibility index (Phi) is 3.83. The van der Waals surface area contributed by atoms with Gasteiger partial charge in [-0.3, -0.25) is 4.90 Å². The van der Waals surface area contributed by atoms with Crippen LogP contribution in [0.5, 0.6) is 0 Å². The van der Waals surface area contributed by atoms with Gasteiger partial charge >= 0.3 is 0 Å². The van der Waals surface area contributed by atoms with Crippen LogP contribution < -0.4 is 0 Å². The molecule has 0 aromatic heterocycles. The number of ether oxygens (including phenoxy) is 1. The van der Waals surface area contributed by atoms with E-state index in [0.29, 0.717) is 6.61 Å². The zero-order valence-corrected chi connectivity index (χ0v) is 11.3. The summed E-state index contributed by atoms with van der Waals surface area (Å²) in [5.74, 6) is 0. The summed E-state index contributed by atoms with van der Waals surface area (Å²) in [4.78, 5) is 13.6. The fraction of sp³-hybridized carbons (Fsp3) is 0.533. The van der Waals surface area contributed by atoms with E-state index in [1.165, 1.54) is 5.56 Å². The minimum absolute atomic E-state index is 0.193. The first kappa shape index (κ1) is 13.2. The third kappa shape index (κ3) is 2.47. The molecule has 3 heteroatoms. The van der Waals surface area contributed by atoms with Crippen molar-refractivity contribution in [2.24, 2.45) is 0 Å². The van der Waals surface area contributed by atoms with Crippen LogP contribution in [-0.2, 0) is 9.53 Å². The fourth-order valence-corrected chi connectivity index (χ4v) is 2.64. The highest BCUT2D eigenvalue weighted by Gasteiger charge is 2.40. The average Bonchev–Trinajstić information content (AvgIpc) is 2.37. The molecule has 1 saturated heterocycles. The maximum absolute atomic E-state index is 11.4. The van der Waals surface area contributed by atoms with Crippen LogP contribution in [-0.4, -0.2) is 36.0 Å². The summed E-state index contributed by atoms with van der Waals surface area (Å²) in [6.45, 7) is 7.58. The molecule has 2 unspecified atom stereocenters. The first-order chi connectivity index (χ1) is 8.56. The molecule has 0 bridgehead atoms. The van der Waals surface area contributed by atoms with E-state index >= 15 is 0 Å². The zero-order valence-electron chi connectivity index (χ0n) is 11.3. The molecule has 0 aliphatic carbocycles. The van der Waals surface area contributed by atoms with Crippen LogP contribution in [0.1, 0.15) is 32.4 Å². The van der Waals surface area contributed by atoms with Crippen molar-refractivity contribution in [3.8, 4) is 0 Å². The summed E-state index contributed by atoms with van der Waals surface area (Å²) in [5.41, 5.74) is 0.824. The van der Waals surface area contributed by atoms with Gasteiger partial charge in [-0.15, -0.1) is 0 Å². The van der Waals surface area contributed by atoms with Gasteiger partial charge < -0.3 is 9.53 Å². The van der Waals surface area contributed by atoms with E-state index < -0.39 is 5.60 Å². The topological polar surface area (TPSA) is 29.5 Å². The maximum Gasteiger partial charge on any atom is 0.140 e. The molecule has 1 aliphatic heterocycles. The second-order valence-corrected chi connectivity index (χ2v) is 5.36. The van der Waals surface area contributed by atoms with E-state index in [1.807, 2.05) is 32.0 Å². The van der Waals surface area contributed by atoms with E-state index in [0.717, 1.165) is 12.8 Å². The molecule has 98 valence electrons. The number of benzene rings is 1. The zero-order chi connectivity index (χ0) is 13.2. The van der Waals surface area contributed by atoms with Gasteiger partial charge in [-0.25, -0.2) is 0 Å². The lowest BCUT2D eigenvalue weighted by Gasteiger charge is -2.46. The number of carbonyl (C=O) groups is 1. The molecule has 1 aromatic rings. The third-order valence-electron chi connectivity index (χ3n) is 3.80. The normalized spacial score (nSPS) is 25.6. The van der Waals surface area contributed by atoms with E-state index in [-0.39, 0.29) is 12.1 Å². The number of rotatable bonds is 3. The van der Waals surface area contributed by atoms with Gasteiger partial charge in [0, 0.05) is 12.6 Å². The summed E-state index contributed by atoms with van der Waals surface area (Å²) in [5, 5.41) is 0. The SMILES string of the molecule is CC(c1ccccc1)N1CCOC(C)(C)C1C=O. The molecule has 1 fully saturated rings. The molecule has 0 N–H and O–H groups in total. The van der Waals surface area contributed by atoms with Crippen molar-refractivity contribution in [2.45, 2.75) is 38.5 Å². The van der Waals surface area contributed by atoms with Crippen LogP contribution in [0.15, 0.2) is 30.3 Å². The first-order valence-corrected chi connectivity index (χ1v) is 6.46. The summed E-state index contributed by atoms with van der Waals surface area (Å²) in [7, 11) is 0. The van der Waals surface area contributed by atoms with E-state index in [1.54, 1.807) is 0 Å². The summed E-state index contributed by atoms with van der Waals surface area (Å²) in [6, 6.07) is 10.3. The molecular weight excluding hydrogens is 226 g/mol. The monoisotopic (exact) mass is 247 g/mol. The van der Waals surface area contributed by atoms with Gasteiger partial charge in [0.1, 0.15) is 6.29 Å². The Morgan fingerprint density at radius 2 is 2.06 bits per heavy atom. The molecule has 3 nitrogen and oxygen atoms in total. The van der Waals surface area contributed by atoms with Crippen LogP contribution in [0.3, 0.4) is 0 Å². The van der Waals surface area contributed by atoms with Crippen molar-refractivity contribution >= 4 is 6.29 Å². The molecule has 2 rings (SSSR count). The second-order valence-electron chi connectivity index (χ2n) is 5.36. The Morgan fingerprint density at radius 1 is 1.39 bits per heavy atom. The minimum atomic E-state index is -0.414. The van der Waals surface area contributed by atoms with Crippen molar-refractivity contribution in [2.75, 3.05) is 13.2 Å². The lowest BCUT2D eigenvalue weighted by molar-refractivity contribution is -0.150. The molecule has 0 spiro atoms. The summed E-state index contributed by atoms with van der Waals surface area (Å²) >= 11 is 0. The van der Waals surface area contributed by atoms with Crippen LogP contribution in [0, 0.1) is 0 Å². The first-order valence-electron chi connectivity index (χ1n) is 6.46. The molecule has 0 radical (unpaired) electrons. The number of hydrogen-bond acceptors (Lipinski definition) is 3. The summed E-state index contributed by atoms with van der Waals surface area (Å²) in [6.07, 6.45) is 1.01. The molecule has 18 heavy (non-hydrogen) atoms. The molecular formula is C15H21NO2. The minimum Gasteiger partial charge on any atom is -0.372 e. The van der Waals surface area contributed by atoms with Gasteiger partial charge in [0.05, 0.1) is 18.2 Å². The molecule has 1 aliphatic rings. The number of morpholine rings is 1. The van der Waals surface area contributed by atoms with Crippen LogP contribution in [0.4, 0.5) is 0 Å². The number of hydrogen-bond donors (Lipinski definition) is 0. The van der Waals surface area contributed by atoms with Gasteiger partial charge in [-0.05, 0) is 26.3 Å². The lowest BCUT2D eigenvalue weighted by Crippen LogP contribution is -2.58. The van der Waals surface area contributed by atoms with E-state index in [2.05, 4.69) is 24.0 Å². The van der Waals surface area contributed by atoms with Crippen molar-refractivity contribution in [3.63, 3.8) is 0 Å².